The number of hydrogen-bond donors (Lipinski definition) is 2. The van der Waals surface area contributed by atoms with E-state index in [9.17, 15) is 4.79 Å². The van der Waals surface area contributed by atoms with Crippen molar-refractivity contribution in [2.24, 2.45) is 0 Å². The number of anilines is 1. The molecule has 2 N–H and O–H groups in total. The molecule has 3 rings (SSSR count). The summed E-state index contributed by atoms with van der Waals surface area (Å²) in [5.74, 6) is 0.0182. The highest BCUT2D eigenvalue weighted by Crippen LogP contribution is 2.21. The smallest absolute Gasteiger partial charge is 0.238 e. The molecular formula is C18H23ClN4O. The minimum atomic E-state index is 0. The molecule has 1 amide bonds. The number of carbonyl (C=O) groups is 1. The SMILES string of the molecule is Cc1ccc(NC(=O)CN2CCNCC2c2cccnc2)cc1.Cl. The molecule has 128 valence electrons. The fraction of sp³-hybridized carbons (Fsp3) is 0.333. The average molecular weight is 347 g/mol. The zero-order valence-corrected chi connectivity index (χ0v) is 14.6. The summed E-state index contributed by atoms with van der Waals surface area (Å²) in [6.45, 7) is 5.00. The summed E-state index contributed by atoms with van der Waals surface area (Å²) in [6.07, 6.45) is 3.65. The molecular weight excluding hydrogens is 324 g/mol. The number of halogens is 1. The van der Waals surface area contributed by atoms with Gasteiger partial charge in [-0.25, -0.2) is 0 Å². The molecule has 5 nitrogen and oxygen atoms in total. The number of rotatable bonds is 4. The molecule has 1 fully saturated rings. The van der Waals surface area contributed by atoms with Gasteiger partial charge in [-0.2, -0.15) is 0 Å². The Balaban J connectivity index is 0.00000208. The fourth-order valence-corrected chi connectivity index (χ4v) is 2.86. The van der Waals surface area contributed by atoms with Crippen LogP contribution < -0.4 is 10.6 Å². The summed E-state index contributed by atoms with van der Waals surface area (Å²) < 4.78 is 0. The van der Waals surface area contributed by atoms with Crippen LogP contribution in [0.15, 0.2) is 48.8 Å². The predicted molar refractivity (Wildman–Crippen MR) is 98.5 cm³/mol. The summed E-state index contributed by atoms with van der Waals surface area (Å²) in [6, 6.07) is 12.1. The number of nitrogens with zero attached hydrogens (tertiary/aromatic N) is 2. The summed E-state index contributed by atoms with van der Waals surface area (Å²) in [5.41, 5.74) is 3.17. The molecule has 0 radical (unpaired) electrons. The largest absolute Gasteiger partial charge is 0.325 e. The van der Waals surface area contributed by atoms with Crippen LogP contribution in [0, 0.1) is 6.92 Å². The second-order valence-electron chi connectivity index (χ2n) is 5.89. The van der Waals surface area contributed by atoms with Gasteiger partial charge in [-0.3, -0.25) is 14.7 Å². The molecule has 1 aromatic heterocycles. The first-order chi connectivity index (χ1) is 11.2. The Morgan fingerprint density at radius 3 is 2.83 bits per heavy atom. The van der Waals surface area contributed by atoms with E-state index < -0.39 is 0 Å². The zero-order chi connectivity index (χ0) is 16.1. The van der Waals surface area contributed by atoms with Gasteiger partial charge in [0.05, 0.1) is 6.54 Å². The van der Waals surface area contributed by atoms with Gasteiger partial charge in [0.25, 0.3) is 0 Å². The van der Waals surface area contributed by atoms with Crippen LogP contribution in [0.25, 0.3) is 0 Å². The maximum atomic E-state index is 12.4. The molecule has 0 saturated carbocycles. The Hall–Kier alpha value is -1.95. The van der Waals surface area contributed by atoms with Crippen LogP contribution in [0.2, 0.25) is 0 Å². The van der Waals surface area contributed by atoms with Gasteiger partial charge >= 0.3 is 0 Å². The van der Waals surface area contributed by atoms with Crippen LogP contribution in [0.3, 0.4) is 0 Å². The molecule has 2 heterocycles. The number of amides is 1. The van der Waals surface area contributed by atoms with Crippen molar-refractivity contribution in [3.05, 3.63) is 59.9 Å². The van der Waals surface area contributed by atoms with Gasteiger partial charge in [0, 0.05) is 43.8 Å². The highest BCUT2D eigenvalue weighted by atomic mass is 35.5. The number of aryl methyl sites for hydroxylation is 1. The predicted octanol–water partition coefficient (Wildman–Crippen LogP) is 2.40. The molecule has 1 saturated heterocycles. The first-order valence-electron chi connectivity index (χ1n) is 7.93. The van der Waals surface area contributed by atoms with Crippen molar-refractivity contribution >= 4 is 24.0 Å². The highest BCUT2D eigenvalue weighted by Gasteiger charge is 2.25. The highest BCUT2D eigenvalue weighted by molar-refractivity contribution is 5.92. The normalized spacial score (nSPS) is 17.8. The second-order valence-corrected chi connectivity index (χ2v) is 5.89. The van der Waals surface area contributed by atoms with Gasteiger partial charge in [-0.05, 0) is 30.7 Å². The Labute approximate surface area is 148 Å². The van der Waals surface area contributed by atoms with E-state index in [2.05, 4.69) is 26.6 Å². The lowest BCUT2D eigenvalue weighted by Gasteiger charge is -2.35. The van der Waals surface area contributed by atoms with E-state index in [4.69, 9.17) is 0 Å². The van der Waals surface area contributed by atoms with E-state index in [1.165, 1.54) is 5.56 Å². The molecule has 1 aliphatic rings. The Bertz CT molecular complexity index is 648. The van der Waals surface area contributed by atoms with E-state index in [-0.39, 0.29) is 24.4 Å². The van der Waals surface area contributed by atoms with E-state index >= 15 is 0 Å². The Kier molecular flexibility index (Phi) is 6.73. The molecule has 0 aliphatic carbocycles. The van der Waals surface area contributed by atoms with Crippen LogP contribution in [-0.4, -0.2) is 42.0 Å². The average Bonchev–Trinajstić information content (AvgIpc) is 2.58. The third kappa shape index (κ3) is 4.77. The molecule has 1 aromatic carbocycles. The zero-order valence-electron chi connectivity index (χ0n) is 13.7. The minimum absolute atomic E-state index is 0. The van der Waals surface area contributed by atoms with Crippen molar-refractivity contribution in [3.8, 4) is 0 Å². The van der Waals surface area contributed by atoms with Crippen LogP contribution in [0.1, 0.15) is 17.2 Å². The van der Waals surface area contributed by atoms with E-state index in [1.807, 2.05) is 43.5 Å². The number of nitrogens with one attached hydrogen (secondary N) is 2. The summed E-state index contributed by atoms with van der Waals surface area (Å²) >= 11 is 0. The Morgan fingerprint density at radius 1 is 1.33 bits per heavy atom. The van der Waals surface area contributed by atoms with Crippen molar-refractivity contribution in [1.82, 2.24) is 15.2 Å². The third-order valence-corrected chi connectivity index (χ3v) is 4.11. The van der Waals surface area contributed by atoms with E-state index in [0.29, 0.717) is 6.54 Å². The van der Waals surface area contributed by atoms with Crippen molar-refractivity contribution < 1.29 is 4.79 Å². The number of pyridine rings is 1. The lowest BCUT2D eigenvalue weighted by molar-refractivity contribution is -0.118. The lowest BCUT2D eigenvalue weighted by Crippen LogP contribution is -2.48. The molecule has 6 heteroatoms. The quantitative estimate of drug-likeness (QED) is 0.892. The number of carbonyl (C=O) groups excluding carboxylic acids is 1. The van der Waals surface area contributed by atoms with Gasteiger partial charge in [0.2, 0.25) is 5.91 Å². The van der Waals surface area contributed by atoms with Crippen molar-refractivity contribution in [2.45, 2.75) is 13.0 Å². The molecule has 0 bridgehead atoms. The van der Waals surface area contributed by atoms with Crippen LogP contribution in [0.4, 0.5) is 5.69 Å². The van der Waals surface area contributed by atoms with Crippen LogP contribution in [-0.2, 0) is 4.79 Å². The van der Waals surface area contributed by atoms with Crippen molar-refractivity contribution in [3.63, 3.8) is 0 Å². The fourth-order valence-electron chi connectivity index (χ4n) is 2.86. The maximum Gasteiger partial charge on any atom is 0.238 e. The maximum absolute atomic E-state index is 12.4. The first-order valence-corrected chi connectivity index (χ1v) is 7.93. The topological polar surface area (TPSA) is 57.3 Å². The van der Waals surface area contributed by atoms with Gasteiger partial charge in [0.15, 0.2) is 0 Å². The molecule has 1 unspecified atom stereocenters. The molecule has 0 spiro atoms. The van der Waals surface area contributed by atoms with E-state index in [1.54, 1.807) is 6.20 Å². The summed E-state index contributed by atoms with van der Waals surface area (Å²) in [4.78, 5) is 18.8. The van der Waals surface area contributed by atoms with Gasteiger partial charge in [-0.1, -0.05) is 23.8 Å². The van der Waals surface area contributed by atoms with Crippen LogP contribution in [0.5, 0.6) is 0 Å². The van der Waals surface area contributed by atoms with Crippen LogP contribution >= 0.6 is 12.4 Å². The first kappa shape index (κ1) is 18.4. The van der Waals surface area contributed by atoms with Gasteiger partial charge in [-0.15, -0.1) is 12.4 Å². The molecule has 1 aliphatic heterocycles. The molecule has 1 atom stereocenters. The molecule has 2 aromatic rings. The Morgan fingerprint density at radius 2 is 2.12 bits per heavy atom. The van der Waals surface area contributed by atoms with E-state index in [0.717, 1.165) is 30.9 Å². The van der Waals surface area contributed by atoms with Crippen molar-refractivity contribution in [1.29, 1.82) is 0 Å². The monoisotopic (exact) mass is 346 g/mol. The minimum Gasteiger partial charge on any atom is -0.325 e. The van der Waals surface area contributed by atoms with Gasteiger partial charge in [0.1, 0.15) is 0 Å². The number of aromatic nitrogens is 1. The van der Waals surface area contributed by atoms with Gasteiger partial charge < -0.3 is 10.6 Å². The summed E-state index contributed by atoms with van der Waals surface area (Å²) in [5, 5.41) is 6.36. The lowest BCUT2D eigenvalue weighted by atomic mass is 10.1. The number of benzene rings is 1. The number of piperazine rings is 1. The second kappa shape index (κ2) is 8.78. The third-order valence-electron chi connectivity index (χ3n) is 4.11. The number of hydrogen-bond acceptors (Lipinski definition) is 4. The summed E-state index contributed by atoms with van der Waals surface area (Å²) in [7, 11) is 0. The standard InChI is InChI=1S/C18H22N4O.ClH/c1-14-4-6-16(7-5-14)21-18(23)13-22-10-9-20-12-17(22)15-3-2-8-19-11-15;/h2-8,11,17,20H,9-10,12-13H2,1H3,(H,21,23);1H. The van der Waals surface area contributed by atoms with Crippen molar-refractivity contribution in [2.75, 3.05) is 31.5 Å². The molecule has 24 heavy (non-hydrogen) atoms.